The summed E-state index contributed by atoms with van der Waals surface area (Å²) >= 11 is 4.68. The quantitative estimate of drug-likeness (QED) is 0.428. The Morgan fingerprint density at radius 2 is 1.46 bits per heavy atom. The number of alkyl halides is 5. The molecule has 1 unspecified atom stereocenters. The molecule has 0 bridgehead atoms. The van der Waals surface area contributed by atoms with Gasteiger partial charge in [0.25, 0.3) is 5.92 Å². The van der Waals surface area contributed by atoms with Crippen LogP contribution in [0.4, 0.5) is 17.6 Å². The molecule has 0 spiro atoms. The van der Waals surface area contributed by atoms with Gasteiger partial charge in [0.2, 0.25) is 5.13 Å². The summed E-state index contributed by atoms with van der Waals surface area (Å²) in [7, 11) is 0. The maximum absolute atomic E-state index is 12.0. The van der Waals surface area contributed by atoms with Crippen molar-refractivity contribution in [3.8, 4) is 0 Å². The van der Waals surface area contributed by atoms with Crippen molar-refractivity contribution in [3.63, 3.8) is 0 Å². The molecular formula is C8H11ClF4. The average Bonchev–Trinajstić information content (AvgIpc) is 2.00. The van der Waals surface area contributed by atoms with Crippen LogP contribution < -0.4 is 0 Å². The van der Waals surface area contributed by atoms with Gasteiger partial charge >= 0.3 is 0 Å². The molecule has 0 nitrogen and oxygen atoms in total. The fourth-order valence-corrected chi connectivity index (χ4v) is 1.05. The second kappa shape index (κ2) is 3.64. The molecule has 0 radical (unpaired) electrons. The Labute approximate surface area is 79.3 Å². The minimum atomic E-state index is -3.28. The Balaban J connectivity index is 0.000000145. The van der Waals surface area contributed by atoms with E-state index in [2.05, 4.69) is 11.6 Å². The maximum atomic E-state index is 12.0. The van der Waals surface area contributed by atoms with Gasteiger partial charge < -0.3 is 0 Å². The molecule has 0 aromatic heterocycles. The molecule has 1 atom stereocenters. The van der Waals surface area contributed by atoms with Gasteiger partial charge in [0.05, 0.1) is 0 Å². The van der Waals surface area contributed by atoms with E-state index in [1.54, 1.807) is 0 Å². The first-order valence-corrected chi connectivity index (χ1v) is 4.63. The molecule has 2 saturated carbocycles. The van der Waals surface area contributed by atoms with E-state index >= 15 is 0 Å². The van der Waals surface area contributed by atoms with Crippen molar-refractivity contribution in [1.29, 1.82) is 0 Å². The number of hydrogen-bond acceptors (Lipinski definition) is 0. The third-order valence-electron chi connectivity index (χ3n) is 2.32. The van der Waals surface area contributed by atoms with Crippen molar-refractivity contribution in [2.45, 2.75) is 49.3 Å². The van der Waals surface area contributed by atoms with E-state index in [0.717, 1.165) is 19.3 Å². The highest BCUT2D eigenvalue weighted by molar-refractivity contribution is 6.24. The van der Waals surface area contributed by atoms with Gasteiger partial charge in [-0.3, -0.25) is 0 Å². The summed E-state index contributed by atoms with van der Waals surface area (Å²) in [6.45, 7) is 0. The Morgan fingerprint density at radius 1 is 1.08 bits per heavy atom. The van der Waals surface area contributed by atoms with Crippen LogP contribution in [-0.2, 0) is 0 Å². The Morgan fingerprint density at radius 3 is 1.46 bits per heavy atom. The zero-order valence-corrected chi connectivity index (χ0v) is 7.76. The van der Waals surface area contributed by atoms with Crippen molar-refractivity contribution in [1.82, 2.24) is 0 Å². The smallest absolute Gasteiger partial charge is 0.247 e. The summed E-state index contributed by atoms with van der Waals surface area (Å²) in [5, 5.41) is -2.74. The zero-order valence-electron chi connectivity index (χ0n) is 7.00. The largest absolute Gasteiger partial charge is 0.295 e. The molecule has 0 aliphatic heterocycles. The summed E-state index contributed by atoms with van der Waals surface area (Å²) in [5.74, 6) is -3.28. The minimum absolute atomic E-state index is 0.235. The first kappa shape index (κ1) is 11.1. The van der Waals surface area contributed by atoms with Crippen LogP contribution >= 0.6 is 11.6 Å². The van der Waals surface area contributed by atoms with Crippen LogP contribution in [0.1, 0.15) is 32.1 Å². The monoisotopic (exact) mass is 218 g/mol. The lowest BCUT2D eigenvalue weighted by molar-refractivity contribution is -0.166. The fraction of sp³-hybridized carbons (Fsp3) is 1.00. The van der Waals surface area contributed by atoms with Crippen LogP contribution in [0.3, 0.4) is 0 Å². The first-order chi connectivity index (χ1) is 5.85. The summed E-state index contributed by atoms with van der Waals surface area (Å²) in [5.41, 5.74) is 0. The lowest BCUT2D eigenvalue weighted by Crippen LogP contribution is -2.49. The third-order valence-corrected chi connectivity index (χ3v) is 2.79. The van der Waals surface area contributed by atoms with E-state index in [9.17, 15) is 17.6 Å². The molecule has 13 heavy (non-hydrogen) atoms. The van der Waals surface area contributed by atoms with E-state index in [1.165, 1.54) is 0 Å². The van der Waals surface area contributed by atoms with E-state index in [-0.39, 0.29) is 6.42 Å². The molecular weight excluding hydrogens is 208 g/mol. The van der Waals surface area contributed by atoms with Crippen molar-refractivity contribution in [2.24, 2.45) is 0 Å². The van der Waals surface area contributed by atoms with E-state index in [1.807, 2.05) is 0 Å². The predicted molar refractivity (Wildman–Crippen MR) is 42.6 cm³/mol. The summed E-state index contributed by atoms with van der Waals surface area (Å²) in [6, 6.07) is 0. The SMILES string of the molecule is FC1(F)CCC1(F)Cl.FC1CCC1. The van der Waals surface area contributed by atoms with Crippen LogP contribution in [0, 0.1) is 0 Å². The molecule has 0 saturated heterocycles. The van der Waals surface area contributed by atoms with Crippen LogP contribution in [0.15, 0.2) is 0 Å². The molecule has 0 aromatic carbocycles. The minimum Gasteiger partial charge on any atom is -0.247 e. The van der Waals surface area contributed by atoms with Crippen LogP contribution in [0.5, 0.6) is 0 Å². The van der Waals surface area contributed by atoms with Gasteiger partial charge in [0, 0.05) is 12.8 Å². The highest BCUT2D eigenvalue weighted by Gasteiger charge is 2.62. The third kappa shape index (κ3) is 2.48. The average molecular weight is 219 g/mol. The van der Waals surface area contributed by atoms with Crippen LogP contribution in [0.2, 0.25) is 0 Å². The molecule has 0 aromatic rings. The molecule has 0 heterocycles. The number of hydrogen-bond donors (Lipinski definition) is 0. The number of halogens is 5. The summed E-state index contributed by atoms with van der Waals surface area (Å²) in [6.07, 6.45) is 1.66. The second-order valence-electron chi connectivity index (χ2n) is 3.44. The van der Waals surface area contributed by atoms with Gasteiger partial charge in [-0.15, -0.1) is 0 Å². The van der Waals surface area contributed by atoms with Crippen molar-refractivity contribution in [3.05, 3.63) is 0 Å². The second-order valence-corrected chi connectivity index (χ2v) is 4.04. The zero-order chi connectivity index (χ0) is 10.1. The molecule has 0 amide bonds. The van der Waals surface area contributed by atoms with Gasteiger partial charge in [-0.1, -0.05) is 11.6 Å². The molecule has 78 valence electrons. The van der Waals surface area contributed by atoms with Crippen LogP contribution in [0.25, 0.3) is 0 Å². The van der Waals surface area contributed by atoms with Crippen molar-refractivity contribution < 1.29 is 17.6 Å². The molecule has 2 fully saturated rings. The summed E-state index contributed by atoms with van der Waals surface area (Å²) in [4.78, 5) is 0. The topological polar surface area (TPSA) is 0 Å². The molecule has 2 rings (SSSR count). The van der Waals surface area contributed by atoms with E-state index < -0.39 is 23.6 Å². The Kier molecular flexibility index (Phi) is 3.10. The van der Waals surface area contributed by atoms with E-state index in [0.29, 0.717) is 0 Å². The maximum Gasteiger partial charge on any atom is 0.295 e. The van der Waals surface area contributed by atoms with Gasteiger partial charge in [-0.2, -0.15) is 0 Å². The standard InChI is InChI=1S/C4H4ClF3.C4H7F/c5-3(6)1-2-4(3,7)8;5-4-2-1-3-4/h1-2H2;4H,1-3H2. The highest BCUT2D eigenvalue weighted by Crippen LogP contribution is 2.52. The lowest BCUT2D eigenvalue weighted by atomic mass is 9.92. The van der Waals surface area contributed by atoms with Gasteiger partial charge in [0.15, 0.2) is 0 Å². The van der Waals surface area contributed by atoms with Gasteiger partial charge in [-0.25, -0.2) is 17.6 Å². The molecule has 0 N–H and O–H groups in total. The molecule has 5 heteroatoms. The normalized spacial score (nSPS) is 36.7. The Hall–Kier alpha value is 0.01000. The Bertz CT molecular complexity index is 163. The molecule has 2 aliphatic rings. The molecule has 2 aliphatic carbocycles. The highest BCUT2D eigenvalue weighted by atomic mass is 35.5. The first-order valence-electron chi connectivity index (χ1n) is 4.25. The van der Waals surface area contributed by atoms with Crippen molar-refractivity contribution >= 4 is 11.6 Å². The lowest BCUT2D eigenvalue weighted by Gasteiger charge is -2.37. The predicted octanol–water partition coefficient (Wildman–Crippen LogP) is 3.83. The van der Waals surface area contributed by atoms with Gasteiger partial charge in [0.1, 0.15) is 6.17 Å². The van der Waals surface area contributed by atoms with Crippen LogP contribution in [-0.4, -0.2) is 17.2 Å². The number of rotatable bonds is 0. The van der Waals surface area contributed by atoms with E-state index in [4.69, 9.17) is 0 Å². The van der Waals surface area contributed by atoms with Crippen molar-refractivity contribution in [2.75, 3.05) is 0 Å². The van der Waals surface area contributed by atoms with Gasteiger partial charge in [-0.05, 0) is 19.3 Å². The fourth-order valence-electron chi connectivity index (χ4n) is 0.861. The summed E-state index contributed by atoms with van der Waals surface area (Å²) < 4.78 is 47.1.